The molecule has 2 aliphatic rings. The van der Waals surface area contributed by atoms with Crippen LogP contribution in [-0.2, 0) is 0 Å². The first-order valence-electron chi connectivity index (χ1n) is 10.3. The van der Waals surface area contributed by atoms with Gasteiger partial charge in [-0.2, -0.15) is 0 Å². The van der Waals surface area contributed by atoms with Gasteiger partial charge in [0.25, 0.3) is 11.8 Å². The van der Waals surface area contributed by atoms with Gasteiger partial charge in [0.15, 0.2) is 0 Å². The molecular weight excluding hydrogens is 382 g/mol. The largest absolute Gasteiger partial charge is 0.351 e. The summed E-state index contributed by atoms with van der Waals surface area (Å²) in [4.78, 5) is 31.4. The Morgan fingerprint density at radius 3 is 2.66 bits per heavy atom. The molecule has 1 fully saturated rings. The van der Waals surface area contributed by atoms with Crippen molar-refractivity contribution in [2.24, 2.45) is 0 Å². The fraction of sp³-hybridized carbons (Fsp3) is 0.391. The molecular formula is C23H27N3O2S. The summed E-state index contributed by atoms with van der Waals surface area (Å²) in [5, 5.41) is 2.96. The molecule has 2 aromatic rings. The lowest BCUT2D eigenvalue weighted by atomic mass is 10.0. The van der Waals surface area contributed by atoms with Crippen LogP contribution in [-0.4, -0.2) is 42.2 Å². The monoisotopic (exact) mass is 409 g/mol. The highest BCUT2D eigenvalue weighted by molar-refractivity contribution is 7.98. The van der Waals surface area contributed by atoms with Crippen LogP contribution in [0.3, 0.4) is 0 Å². The molecule has 0 spiro atoms. The molecule has 2 heterocycles. The van der Waals surface area contributed by atoms with Crippen LogP contribution in [0.1, 0.15) is 53.3 Å². The van der Waals surface area contributed by atoms with Crippen molar-refractivity contribution in [2.45, 2.75) is 43.7 Å². The summed E-state index contributed by atoms with van der Waals surface area (Å²) in [6.45, 7) is 3.74. The summed E-state index contributed by atoms with van der Waals surface area (Å²) in [5.41, 5.74) is 2.92. The van der Waals surface area contributed by atoms with Crippen molar-refractivity contribution in [2.75, 3.05) is 29.6 Å². The molecule has 0 aromatic heterocycles. The first-order chi connectivity index (χ1) is 14.1. The lowest BCUT2D eigenvalue weighted by Gasteiger charge is -2.44. The molecule has 2 aromatic carbocycles. The molecule has 0 saturated carbocycles. The second-order valence-electron chi connectivity index (χ2n) is 7.53. The van der Waals surface area contributed by atoms with Crippen LogP contribution >= 0.6 is 11.8 Å². The number of benzene rings is 2. The second-order valence-corrected chi connectivity index (χ2v) is 8.41. The number of hydrogen-bond acceptors (Lipinski definition) is 4. The maximum absolute atomic E-state index is 13.1. The summed E-state index contributed by atoms with van der Waals surface area (Å²) in [7, 11) is 0. The Kier molecular flexibility index (Phi) is 5.81. The number of thioether (sulfide) groups is 1. The van der Waals surface area contributed by atoms with E-state index in [0.29, 0.717) is 11.1 Å². The Hall–Kier alpha value is -2.47. The topological polar surface area (TPSA) is 52.7 Å². The predicted molar refractivity (Wildman–Crippen MR) is 119 cm³/mol. The minimum atomic E-state index is -0.156. The maximum Gasteiger partial charge on any atom is 0.257 e. The van der Waals surface area contributed by atoms with Gasteiger partial charge in [-0.3, -0.25) is 9.59 Å². The van der Waals surface area contributed by atoms with E-state index in [9.17, 15) is 9.59 Å². The summed E-state index contributed by atoms with van der Waals surface area (Å²) in [5.74, 6) is -0.0623. The van der Waals surface area contributed by atoms with E-state index in [0.717, 1.165) is 55.0 Å². The van der Waals surface area contributed by atoms with Crippen LogP contribution in [0, 0.1) is 0 Å². The Morgan fingerprint density at radius 1 is 1.14 bits per heavy atom. The van der Waals surface area contributed by atoms with E-state index in [1.54, 1.807) is 17.8 Å². The molecule has 0 radical (unpaired) electrons. The number of hydrogen-bond donors (Lipinski definition) is 1. The second kappa shape index (κ2) is 8.49. The SMILES string of the molecule is CCN1c2cc(C(=O)Nc3ccc(SC)cc3)ccc2C(=O)N2CCCCC[C@@H]21. The Balaban J connectivity index is 1.62. The van der Waals surface area contributed by atoms with Crippen molar-refractivity contribution in [1.82, 2.24) is 4.90 Å². The zero-order valence-corrected chi connectivity index (χ0v) is 17.8. The van der Waals surface area contributed by atoms with Crippen LogP contribution in [0.2, 0.25) is 0 Å². The highest BCUT2D eigenvalue weighted by atomic mass is 32.2. The molecule has 0 aliphatic carbocycles. The van der Waals surface area contributed by atoms with Gasteiger partial charge in [0, 0.05) is 29.2 Å². The van der Waals surface area contributed by atoms with Crippen molar-refractivity contribution in [1.29, 1.82) is 0 Å². The van der Waals surface area contributed by atoms with Gasteiger partial charge in [-0.05, 0) is 74.9 Å². The minimum Gasteiger partial charge on any atom is -0.351 e. The van der Waals surface area contributed by atoms with E-state index in [4.69, 9.17) is 0 Å². The number of fused-ring (bicyclic) bond motifs is 2. The van der Waals surface area contributed by atoms with Gasteiger partial charge >= 0.3 is 0 Å². The summed E-state index contributed by atoms with van der Waals surface area (Å²) in [6, 6.07) is 13.3. The van der Waals surface area contributed by atoms with E-state index in [-0.39, 0.29) is 18.0 Å². The highest BCUT2D eigenvalue weighted by Crippen LogP contribution is 2.35. The highest BCUT2D eigenvalue weighted by Gasteiger charge is 2.37. The zero-order chi connectivity index (χ0) is 20.4. The molecule has 5 nitrogen and oxygen atoms in total. The van der Waals surface area contributed by atoms with Gasteiger partial charge in [-0.1, -0.05) is 6.42 Å². The summed E-state index contributed by atoms with van der Waals surface area (Å²) < 4.78 is 0. The van der Waals surface area contributed by atoms with Gasteiger partial charge in [0.2, 0.25) is 0 Å². The van der Waals surface area contributed by atoms with E-state index in [2.05, 4.69) is 17.1 Å². The van der Waals surface area contributed by atoms with Crippen LogP contribution in [0.25, 0.3) is 0 Å². The minimum absolute atomic E-state index is 0.0937. The zero-order valence-electron chi connectivity index (χ0n) is 17.0. The molecule has 29 heavy (non-hydrogen) atoms. The number of carbonyl (C=O) groups is 2. The number of carbonyl (C=O) groups excluding carboxylic acids is 2. The van der Waals surface area contributed by atoms with Crippen molar-refractivity contribution in [3.63, 3.8) is 0 Å². The molecule has 4 rings (SSSR count). The van der Waals surface area contributed by atoms with E-state index in [1.807, 2.05) is 47.6 Å². The predicted octanol–water partition coefficient (Wildman–Crippen LogP) is 4.84. The molecule has 1 atom stereocenters. The van der Waals surface area contributed by atoms with E-state index >= 15 is 0 Å². The van der Waals surface area contributed by atoms with Crippen molar-refractivity contribution in [3.8, 4) is 0 Å². The molecule has 0 unspecified atom stereocenters. The van der Waals surface area contributed by atoms with E-state index < -0.39 is 0 Å². The molecule has 2 amide bonds. The molecule has 6 heteroatoms. The van der Waals surface area contributed by atoms with Crippen molar-refractivity contribution >= 4 is 35.0 Å². The smallest absolute Gasteiger partial charge is 0.257 e. The molecule has 2 aliphatic heterocycles. The maximum atomic E-state index is 13.1. The van der Waals surface area contributed by atoms with Crippen LogP contribution in [0.5, 0.6) is 0 Å². The lowest BCUT2D eigenvalue weighted by molar-refractivity contribution is 0.0656. The van der Waals surface area contributed by atoms with Gasteiger partial charge in [0.1, 0.15) is 6.17 Å². The first kappa shape index (κ1) is 19.8. The fourth-order valence-electron chi connectivity index (χ4n) is 4.32. The van der Waals surface area contributed by atoms with Gasteiger partial charge in [-0.15, -0.1) is 11.8 Å². The summed E-state index contributed by atoms with van der Waals surface area (Å²) >= 11 is 1.67. The van der Waals surface area contributed by atoms with Gasteiger partial charge in [0.05, 0.1) is 11.3 Å². The van der Waals surface area contributed by atoms with Crippen LogP contribution in [0.4, 0.5) is 11.4 Å². The Labute approximate surface area is 176 Å². The number of nitrogens with one attached hydrogen (secondary N) is 1. The first-order valence-corrected chi connectivity index (χ1v) is 11.5. The van der Waals surface area contributed by atoms with E-state index in [1.165, 1.54) is 0 Å². The lowest BCUT2D eigenvalue weighted by Crippen LogP contribution is -2.55. The number of amides is 2. The third kappa shape index (κ3) is 3.86. The number of nitrogens with zero attached hydrogens (tertiary/aromatic N) is 2. The van der Waals surface area contributed by atoms with Crippen LogP contribution < -0.4 is 10.2 Å². The number of rotatable bonds is 4. The Bertz CT molecular complexity index is 913. The van der Waals surface area contributed by atoms with Gasteiger partial charge < -0.3 is 15.1 Å². The molecule has 1 N–H and O–H groups in total. The average Bonchev–Trinajstić information content (AvgIpc) is 3.01. The van der Waals surface area contributed by atoms with Crippen molar-refractivity contribution in [3.05, 3.63) is 53.6 Å². The third-order valence-corrected chi connectivity index (χ3v) is 6.57. The normalized spacial score (nSPS) is 18.7. The van der Waals surface area contributed by atoms with Crippen molar-refractivity contribution < 1.29 is 9.59 Å². The fourth-order valence-corrected chi connectivity index (χ4v) is 4.73. The average molecular weight is 410 g/mol. The number of anilines is 2. The third-order valence-electron chi connectivity index (χ3n) is 5.83. The van der Waals surface area contributed by atoms with Crippen LogP contribution in [0.15, 0.2) is 47.4 Å². The Morgan fingerprint density at radius 2 is 1.93 bits per heavy atom. The molecule has 0 bridgehead atoms. The van der Waals surface area contributed by atoms with Gasteiger partial charge in [-0.25, -0.2) is 0 Å². The summed E-state index contributed by atoms with van der Waals surface area (Å²) in [6.07, 6.45) is 6.46. The standard InChI is InChI=1S/C23H27N3O2S/c1-3-25-20-15-16(22(27)24-17-9-11-18(29-2)12-10-17)8-13-19(20)23(28)26-14-6-4-5-7-21(25)26/h8-13,15,21H,3-7,14H2,1-2H3,(H,24,27)/t21-/m1/s1. The molecule has 1 saturated heterocycles. The molecule has 152 valence electrons. The quantitative estimate of drug-likeness (QED) is 0.734.